The van der Waals surface area contributed by atoms with E-state index in [1.807, 2.05) is 30.3 Å². The maximum absolute atomic E-state index is 6.18. The molecule has 2 atom stereocenters. The largest absolute Gasteiger partial charge is 0.482 e. The first-order valence-corrected chi connectivity index (χ1v) is 7.25. The van der Waals surface area contributed by atoms with Gasteiger partial charge in [0.15, 0.2) is 10.9 Å². The molecule has 0 radical (unpaired) electrons. The van der Waals surface area contributed by atoms with Crippen LogP contribution in [0.1, 0.15) is 18.1 Å². The number of hydrogen-bond donors (Lipinski definition) is 1. The van der Waals surface area contributed by atoms with Crippen LogP contribution >= 0.6 is 11.6 Å². The van der Waals surface area contributed by atoms with Gasteiger partial charge >= 0.3 is 0 Å². The fourth-order valence-electron chi connectivity index (χ4n) is 2.61. The van der Waals surface area contributed by atoms with E-state index in [-0.39, 0.29) is 6.10 Å². The summed E-state index contributed by atoms with van der Waals surface area (Å²) in [4.78, 5) is 4.08. The molecule has 104 valence electrons. The van der Waals surface area contributed by atoms with Crippen molar-refractivity contribution in [1.82, 2.24) is 10.3 Å². The van der Waals surface area contributed by atoms with Crippen molar-refractivity contribution >= 4 is 11.6 Å². The highest BCUT2D eigenvalue weighted by molar-refractivity contribution is 6.30. The molecule has 20 heavy (non-hydrogen) atoms. The third kappa shape index (κ3) is 2.94. The number of ether oxygens (including phenoxy) is 1. The quantitative estimate of drug-likeness (QED) is 0.875. The molecular weight excluding hydrogens is 272 g/mol. The Hall–Kier alpha value is -1.58. The van der Waals surface area contributed by atoms with E-state index in [9.17, 15) is 0 Å². The Labute approximate surface area is 123 Å². The predicted molar refractivity (Wildman–Crippen MR) is 80.0 cm³/mol. The van der Waals surface area contributed by atoms with E-state index in [0.29, 0.717) is 16.8 Å². The second-order valence-electron chi connectivity index (χ2n) is 4.99. The maximum Gasteiger partial charge on any atom is 0.171 e. The van der Waals surface area contributed by atoms with Crippen LogP contribution in [0.15, 0.2) is 48.7 Å². The van der Waals surface area contributed by atoms with Crippen molar-refractivity contribution in [3.05, 3.63) is 59.4 Å². The molecule has 0 spiro atoms. The normalized spacial score (nSPS) is 19.8. The van der Waals surface area contributed by atoms with Crippen LogP contribution in [0.2, 0.25) is 5.15 Å². The number of rotatable bonds is 4. The summed E-state index contributed by atoms with van der Waals surface area (Å²) >= 11 is 6.11. The second kappa shape index (κ2) is 6.25. The van der Waals surface area contributed by atoms with Gasteiger partial charge in [-0.15, -0.1) is 0 Å². The van der Waals surface area contributed by atoms with E-state index in [2.05, 4.69) is 22.4 Å². The molecule has 0 aliphatic carbocycles. The minimum atomic E-state index is 0.00731. The van der Waals surface area contributed by atoms with Crippen LogP contribution in [0.3, 0.4) is 0 Å². The third-order valence-electron chi connectivity index (χ3n) is 3.63. The van der Waals surface area contributed by atoms with Gasteiger partial charge in [0.25, 0.3) is 0 Å². The molecule has 2 aromatic rings. The van der Waals surface area contributed by atoms with Gasteiger partial charge in [-0.05, 0) is 30.7 Å². The molecular formula is C16H17ClN2O. The standard InChI is InChI=1S/C16H17ClN2O/c17-16-14(7-4-9-19-16)20-15(13-8-10-18-11-13)12-5-2-1-3-6-12/h1-7,9,13,15,18H,8,10-11H2. The molecule has 4 heteroatoms. The van der Waals surface area contributed by atoms with Crippen molar-refractivity contribution in [3.8, 4) is 5.75 Å². The molecule has 3 nitrogen and oxygen atoms in total. The molecule has 1 saturated heterocycles. The summed E-state index contributed by atoms with van der Waals surface area (Å²) in [5, 5.41) is 3.81. The van der Waals surface area contributed by atoms with Crippen LogP contribution in [0, 0.1) is 5.92 Å². The Balaban J connectivity index is 1.88. The van der Waals surface area contributed by atoms with Crippen LogP contribution in [0.4, 0.5) is 0 Å². The molecule has 1 aliphatic rings. The van der Waals surface area contributed by atoms with Crippen LogP contribution in [-0.4, -0.2) is 18.1 Å². The molecule has 1 aromatic carbocycles. The Bertz CT molecular complexity index is 555. The van der Waals surface area contributed by atoms with Gasteiger partial charge in [0.05, 0.1) is 0 Å². The van der Waals surface area contributed by atoms with E-state index in [0.717, 1.165) is 19.5 Å². The second-order valence-corrected chi connectivity index (χ2v) is 5.35. The lowest BCUT2D eigenvalue weighted by Crippen LogP contribution is -2.21. The predicted octanol–water partition coefficient (Wildman–Crippen LogP) is 3.46. The molecule has 3 rings (SSSR count). The van der Waals surface area contributed by atoms with Crippen molar-refractivity contribution in [1.29, 1.82) is 0 Å². The maximum atomic E-state index is 6.18. The number of halogens is 1. The van der Waals surface area contributed by atoms with Crippen LogP contribution in [0.5, 0.6) is 5.75 Å². The number of nitrogens with one attached hydrogen (secondary N) is 1. The first kappa shape index (κ1) is 13.4. The third-order valence-corrected chi connectivity index (χ3v) is 3.92. The lowest BCUT2D eigenvalue weighted by atomic mass is 9.95. The minimum Gasteiger partial charge on any atom is -0.482 e. The van der Waals surface area contributed by atoms with E-state index in [4.69, 9.17) is 16.3 Å². The smallest absolute Gasteiger partial charge is 0.171 e. The number of hydrogen-bond acceptors (Lipinski definition) is 3. The zero-order chi connectivity index (χ0) is 13.8. The Morgan fingerprint density at radius 2 is 2.05 bits per heavy atom. The fourth-order valence-corrected chi connectivity index (χ4v) is 2.77. The molecule has 1 N–H and O–H groups in total. The van der Waals surface area contributed by atoms with E-state index in [1.165, 1.54) is 5.56 Å². The summed E-state index contributed by atoms with van der Waals surface area (Å²) < 4.78 is 6.18. The average molecular weight is 289 g/mol. The topological polar surface area (TPSA) is 34.1 Å². The van der Waals surface area contributed by atoms with Crippen LogP contribution in [0.25, 0.3) is 0 Å². The van der Waals surface area contributed by atoms with Gasteiger partial charge in [0, 0.05) is 18.7 Å². The molecule has 2 unspecified atom stereocenters. The van der Waals surface area contributed by atoms with Crippen LogP contribution < -0.4 is 10.1 Å². The summed E-state index contributed by atoms with van der Waals surface area (Å²) in [6.07, 6.45) is 2.79. The summed E-state index contributed by atoms with van der Waals surface area (Å²) in [6.45, 7) is 2.01. The zero-order valence-corrected chi connectivity index (χ0v) is 11.9. The van der Waals surface area contributed by atoms with Crippen LogP contribution in [-0.2, 0) is 0 Å². The SMILES string of the molecule is Clc1ncccc1OC(c1ccccc1)C1CCNC1. The Morgan fingerprint density at radius 1 is 1.20 bits per heavy atom. The van der Waals surface area contributed by atoms with Gasteiger partial charge in [0.2, 0.25) is 0 Å². The minimum absolute atomic E-state index is 0.00731. The van der Waals surface area contributed by atoms with Gasteiger partial charge in [-0.1, -0.05) is 41.9 Å². The Morgan fingerprint density at radius 3 is 2.75 bits per heavy atom. The van der Waals surface area contributed by atoms with Crippen molar-refractivity contribution < 1.29 is 4.74 Å². The highest BCUT2D eigenvalue weighted by Gasteiger charge is 2.28. The molecule has 1 aliphatic heterocycles. The number of nitrogens with zero attached hydrogens (tertiary/aromatic N) is 1. The molecule has 0 saturated carbocycles. The lowest BCUT2D eigenvalue weighted by molar-refractivity contribution is 0.144. The molecule has 0 bridgehead atoms. The van der Waals surface area contributed by atoms with E-state index in [1.54, 1.807) is 6.20 Å². The monoisotopic (exact) mass is 288 g/mol. The van der Waals surface area contributed by atoms with E-state index >= 15 is 0 Å². The van der Waals surface area contributed by atoms with Gasteiger partial charge in [-0.25, -0.2) is 4.98 Å². The van der Waals surface area contributed by atoms with Crippen molar-refractivity contribution in [2.45, 2.75) is 12.5 Å². The Kier molecular flexibility index (Phi) is 4.19. The zero-order valence-electron chi connectivity index (χ0n) is 11.1. The molecule has 1 aromatic heterocycles. The highest BCUT2D eigenvalue weighted by atomic mass is 35.5. The molecule has 1 fully saturated rings. The summed E-state index contributed by atoms with van der Waals surface area (Å²) in [7, 11) is 0. The summed E-state index contributed by atoms with van der Waals surface area (Å²) in [5.41, 5.74) is 1.18. The number of aromatic nitrogens is 1. The highest BCUT2D eigenvalue weighted by Crippen LogP contribution is 2.34. The van der Waals surface area contributed by atoms with Crippen molar-refractivity contribution in [2.75, 3.05) is 13.1 Å². The first-order chi connectivity index (χ1) is 9.84. The van der Waals surface area contributed by atoms with Crippen molar-refractivity contribution in [3.63, 3.8) is 0 Å². The van der Waals surface area contributed by atoms with Gasteiger partial charge in [-0.3, -0.25) is 0 Å². The number of pyridine rings is 1. The van der Waals surface area contributed by atoms with Crippen molar-refractivity contribution in [2.24, 2.45) is 5.92 Å². The number of benzene rings is 1. The molecule has 0 amide bonds. The summed E-state index contributed by atoms with van der Waals surface area (Å²) in [5.74, 6) is 1.10. The van der Waals surface area contributed by atoms with Gasteiger partial charge in [-0.2, -0.15) is 0 Å². The molecule has 2 heterocycles. The average Bonchev–Trinajstić information content (AvgIpc) is 3.01. The summed E-state index contributed by atoms with van der Waals surface area (Å²) in [6, 6.07) is 14.0. The van der Waals surface area contributed by atoms with Gasteiger partial charge in [0.1, 0.15) is 6.10 Å². The van der Waals surface area contributed by atoms with E-state index < -0.39 is 0 Å². The lowest BCUT2D eigenvalue weighted by Gasteiger charge is -2.25. The first-order valence-electron chi connectivity index (χ1n) is 6.87. The van der Waals surface area contributed by atoms with Gasteiger partial charge < -0.3 is 10.1 Å². The fraction of sp³-hybridized carbons (Fsp3) is 0.312.